The first-order chi connectivity index (χ1) is 10.1. The number of thiocarbonyl (C=S) groups is 1. The Morgan fingerprint density at radius 2 is 1.90 bits per heavy atom. The fourth-order valence-electron chi connectivity index (χ4n) is 2.35. The average Bonchev–Trinajstić information content (AvgIpc) is 2.48. The largest absolute Gasteiger partial charge is 0.389 e. The smallest absolute Gasteiger partial charge is 0.106 e. The highest BCUT2D eigenvalue weighted by Crippen LogP contribution is 2.19. The molecule has 0 fully saturated rings. The lowest BCUT2D eigenvalue weighted by molar-refractivity contribution is 0.706. The van der Waals surface area contributed by atoms with Crippen molar-refractivity contribution in [3.63, 3.8) is 0 Å². The maximum absolute atomic E-state index is 5.82. The molecule has 0 aromatic heterocycles. The van der Waals surface area contributed by atoms with E-state index in [2.05, 4.69) is 48.6 Å². The molecule has 0 saturated carbocycles. The molecule has 3 N–H and O–H groups in total. The van der Waals surface area contributed by atoms with Gasteiger partial charge in [0.25, 0.3) is 0 Å². The minimum Gasteiger partial charge on any atom is -0.389 e. The SMILES string of the molecule is Cc1ccc(NC(C)CCc2ccccc2)c(C(N)=S)c1. The van der Waals surface area contributed by atoms with Gasteiger partial charge in [0, 0.05) is 17.3 Å². The predicted molar refractivity (Wildman–Crippen MR) is 94.9 cm³/mol. The Balaban J connectivity index is 1.99. The van der Waals surface area contributed by atoms with Crippen LogP contribution in [-0.2, 0) is 6.42 Å². The molecule has 0 aliphatic heterocycles. The molecule has 3 heteroatoms. The van der Waals surface area contributed by atoms with Gasteiger partial charge in [-0.1, -0.05) is 54.2 Å². The van der Waals surface area contributed by atoms with E-state index in [1.54, 1.807) is 0 Å². The van der Waals surface area contributed by atoms with E-state index >= 15 is 0 Å². The van der Waals surface area contributed by atoms with E-state index < -0.39 is 0 Å². The summed E-state index contributed by atoms with van der Waals surface area (Å²) in [5, 5.41) is 3.52. The molecule has 2 aromatic rings. The van der Waals surface area contributed by atoms with Gasteiger partial charge in [-0.15, -0.1) is 0 Å². The van der Waals surface area contributed by atoms with E-state index in [0.717, 1.165) is 24.1 Å². The van der Waals surface area contributed by atoms with E-state index in [1.165, 1.54) is 11.1 Å². The number of rotatable bonds is 6. The standard InChI is InChI=1S/C18H22N2S/c1-13-8-11-17(16(12-13)18(19)21)20-14(2)9-10-15-6-4-3-5-7-15/h3-8,11-12,14,20H,9-10H2,1-2H3,(H2,19,21). The van der Waals surface area contributed by atoms with Gasteiger partial charge in [0.15, 0.2) is 0 Å². The van der Waals surface area contributed by atoms with Crippen LogP contribution in [0.5, 0.6) is 0 Å². The summed E-state index contributed by atoms with van der Waals surface area (Å²) in [4.78, 5) is 0.441. The molecule has 1 unspecified atom stereocenters. The third-order valence-corrected chi connectivity index (χ3v) is 3.77. The van der Waals surface area contributed by atoms with Crippen LogP contribution in [0.15, 0.2) is 48.5 Å². The second kappa shape index (κ2) is 7.23. The molecule has 0 heterocycles. The molecular formula is C18H22N2S. The highest BCUT2D eigenvalue weighted by Gasteiger charge is 2.09. The molecule has 0 saturated heterocycles. The van der Waals surface area contributed by atoms with Gasteiger partial charge in [-0.3, -0.25) is 0 Å². The lowest BCUT2D eigenvalue weighted by Gasteiger charge is -2.18. The van der Waals surface area contributed by atoms with Crippen LogP contribution < -0.4 is 11.1 Å². The quantitative estimate of drug-likeness (QED) is 0.790. The monoisotopic (exact) mass is 298 g/mol. The van der Waals surface area contributed by atoms with Crippen LogP contribution in [0.4, 0.5) is 5.69 Å². The van der Waals surface area contributed by atoms with Crippen molar-refractivity contribution in [1.29, 1.82) is 0 Å². The molecule has 21 heavy (non-hydrogen) atoms. The summed E-state index contributed by atoms with van der Waals surface area (Å²) < 4.78 is 0. The number of aryl methyl sites for hydroxylation is 2. The Morgan fingerprint density at radius 3 is 2.57 bits per heavy atom. The van der Waals surface area contributed by atoms with Gasteiger partial charge in [-0.05, 0) is 44.4 Å². The summed E-state index contributed by atoms with van der Waals surface area (Å²) >= 11 is 5.14. The van der Waals surface area contributed by atoms with Gasteiger partial charge in [0.2, 0.25) is 0 Å². The summed E-state index contributed by atoms with van der Waals surface area (Å²) in [7, 11) is 0. The van der Waals surface area contributed by atoms with Crippen molar-refractivity contribution in [3.05, 3.63) is 65.2 Å². The topological polar surface area (TPSA) is 38.0 Å². The van der Waals surface area contributed by atoms with Crippen molar-refractivity contribution in [1.82, 2.24) is 0 Å². The lowest BCUT2D eigenvalue weighted by atomic mass is 10.0. The van der Waals surface area contributed by atoms with Crippen LogP contribution >= 0.6 is 12.2 Å². The first-order valence-corrected chi connectivity index (χ1v) is 7.68. The zero-order chi connectivity index (χ0) is 15.2. The molecule has 2 nitrogen and oxygen atoms in total. The van der Waals surface area contributed by atoms with Crippen molar-refractivity contribution in [2.45, 2.75) is 32.7 Å². The van der Waals surface area contributed by atoms with Crippen molar-refractivity contribution >= 4 is 22.9 Å². The third kappa shape index (κ3) is 4.57. The number of hydrogen-bond acceptors (Lipinski definition) is 2. The highest BCUT2D eigenvalue weighted by atomic mass is 32.1. The van der Waals surface area contributed by atoms with Gasteiger partial charge in [-0.2, -0.15) is 0 Å². The second-order valence-electron chi connectivity index (χ2n) is 5.48. The van der Waals surface area contributed by atoms with Crippen LogP contribution in [0.1, 0.15) is 30.0 Å². The molecule has 2 aromatic carbocycles. The summed E-state index contributed by atoms with van der Waals surface area (Å²) in [6, 6.07) is 17.1. The molecule has 0 amide bonds. The van der Waals surface area contributed by atoms with Crippen molar-refractivity contribution in [2.75, 3.05) is 5.32 Å². The minimum absolute atomic E-state index is 0.362. The highest BCUT2D eigenvalue weighted by molar-refractivity contribution is 7.80. The normalized spacial score (nSPS) is 11.9. The third-order valence-electron chi connectivity index (χ3n) is 3.55. The van der Waals surface area contributed by atoms with E-state index in [-0.39, 0.29) is 0 Å². The van der Waals surface area contributed by atoms with E-state index in [0.29, 0.717) is 11.0 Å². The van der Waals surface area contributed by atoms with Crippen LogP contribution in [-0.4, -0.2) is 11.0 Å². The summed E-state index contributed by atoms with van der Waals surface area (Å²) in [6.45, 7) is 4.23. The maximum atomic E-state index is 5.82. The number of hydrogen-bond donors (Lipinski definition) is 2. The second-order valence-corrected chi connectivity index (χ2v) is 5.92. The van der Waals surface area contributed by atoms with Crippen LogP contribution in [0.2, 0.25) is 0 Å². The van der Waals surface area contributed by atoms with E-state index in [1.807, 2.05) is 19.1 Å². The summed E-state index contributed by atoms with van der Waals surface area (Å²) in [5.74, 6) is 0. The zero-order valence-electron chi connectivity index (χ0n) is 12.6. The molecule has 110 valence electrons. The molecular weight excluding hydrogens is 276 g/mol. The number of benzene rings is 2. The van der Waals surface area contributed by atoms with E-state index in [9.17, 15) is 0 Å². The van der Waals surface area contributed by atoms with Crippen molar-refractivity contribution in [3.8, 4) is 0 Å². The molecule has 0 aliphatic carbocycles. The Morgan fingerprint density at radius 1 is 1.19 bits per heavy atom. The number of anilines is 1. The zero-order valence-corrected chi connectivity index (χ0v) is 13.4. The summed E-state index contributed by atoms with van der Waals surface area (Å²) in [6.07, 6.45) is 2.12. The van der Waals surface area contributed by atoms with Crippen molar-refractivity contribution in [2.24, 2.45) is 5.73 Å². The predicted octanol–water partition coefficient (Wildman–Crippen LogP) is 4.06. The van der Waals surface area contributed by atoms with Crippen LogP contribution in [0.3, 0.4) is 0 Å². The van der Waals surface area contributed by atoms with Crippen molar-refractivity contribution < 1.29 is 0 Å². The Bertz CT molecular complexity index is 608. The minimum atomic E-state index is 0.362. The van der Waals surface area contributed by atoms with Gasteiger partial charge < -0.3 is 11.1 Å². The Hall–Kier alpha value is -1.87. The van der Waals surface area contributed by atoms with E-state index in [4.69, 9.17) is 18.0 Å². The average molecular weight is 298 g/mol. The summed E-state index contributed by atoms with van der Waals surface area (Å²) in [5.41, 5.74) is 10.3. The Kier molecular flexibility index (Phi) is 5.34. The fraction of sp³-hybridized carbons (Fsp3) is 0.278. The fourth-order valence-corrected chi connectivity index (χ4v) is 2.52. The molecule has 0 aliphatic rings. The first-order valence-electron chi connectivity index (χ1n) is 7.27. The molecule has 0 spiro atoms. The molecule has 0 radical (unpaired) electrons. The molecule has 0 bridgehead atoms. The van der Waals surface area contributed by atoms with Gasteiger partial charge in [0.1, 0.15) is 4.99 Å². The van der Waals surface area contributed by atoms with Gasteiger partial charge >= 0.3 is 0 Å². The number of nitrogens with two attached hydrogens (primary N) is 1. The Labute approximate surface area is 132 Å². The van der Waals surface area contributed by atoms with Gasteiger partial charge in [0.05, 0.1) is 0 Å². The van der Waals surface area contributed by atoms with Gasteiger partial charge in [-0.25, -0.2) is 0 Å². The van der Waals surface area contributed by atoms with Crippen LogP contribution in [0, 0.1) is 6.92 Å². The maximum Gasteiger partial charge on any atom is 0.106 e. The lowest BCUT2D eigenvalue weighted by Crippen LogP contribution is -2.20. The number of nitrogens with one attached hydrogen (secondary N) is 1. The molecule has 2 rings (SSSR count). The van der Waals surface area contributed by atoms with Crippen LogP contribution in [0.25, 0.3) is 0 Å². The first kappa shape index (κ1) is 15.5. The molecule has 1 atom stereocenters.